The molecule has 0 nitrogen and oxygen atoms in total. The van der Waals surface area contributed by atoms with Crippen LogP contribution in [0.4, 0.5) is 0 Å². The molecule has 0 fully saturated rings. The standard InChI is InChI=1S/2Cf.Co.V. The summed E-state index contributed by atoms with van der Waals surface area (Å²) in [5.41, 5.74) is 0. The molecule has 4 heteroatoms. The summed E-state index contributed by atoms with van der Waals surface area (Å²) < 4.78 is 0. The molecule has 0 aromatic rings. The number of rotatable bonds is 0. The van der Waals surface area contributed by atoms with E-state index < -0.39 is 0 Å². The fourth-order valence-corrected chi connectivity index (χ4v) is 0. The topological polar surface area (TPSA) is 0 Å². The third kappa shape index (κ3) is 0.0109. The SMILES string of the molecule is [Cf].[Cf].[Co].[V]. The van der Waals surface area contributed by atoms with Gasteiger partial charge in [0.2, 0.25) is 0 Å². The van der Waals surface area contributed by atoms with Gasteiger partial charge in [-0.1, -0.05) is 0 Å². The van der Waals surface area contributed by atoms with Crippen molar-refractivity contribution in [2.45, 2.75) is 0 Å². The van der Waals surface area contributed by atoms with Gasteiger partial charge in [0.15, 0.2) is 0 Å². The Labute approximate surface area is 35.7 Å². The van der Waals surface area contributed by atoms with Crippen LogP contribution < -0.4 is 0 Å². The first-order valence-electron chi connectivity index (χ1n) is 0. The maximum atomic E-state index is 0. The first kappa shape index (κ1) is 16.4. The Hall–Kier alpha value is -0.909. The predicted molar refractivity (Wildman–Crippen MR) is 0 cm³/mol. The molecular weight excluding hydrogens is 612 g/mol. The average molecular weight is 612 g/mol. The van der Waals surface area contributed by atoms with Crippen molar-refractivity contribution in [1.82, 2.24) is 0 Å². The fourth-order valence-electron chi connectivity index (χ4n) is 0. The van der Waals surface area contributed by atoms with Gasteiger partial charge >= 0.3 is 0 Å². The van der Waals surface area contributed by atoms with E-state index in [1.807, 2.05) is 0 Å². The van der Waals surface area contributed by atoms with Gasteiger partial charge in [-0.2, -0.15) is 0 Å². The smallest absolute Gasteiger partial charge is 0 e. The van der Waals surface area contributed by atoms with Gasteiger partial charge in [0.25, 0.3) is 0 Å². The monoisotopic (exact) mass is 608 g/mol. The van der Waals surface area contributed by atoms with Gasteiger partial charge in [-0.3, -0.25) is 0 Å². The quantitative estimate of drug-likeness (QED) is 0.362. The Morgan fingerprint density at radius 3 is 0.750 bits per heavy atom. The van der Waals surface area contributed by atoms with Crippen molar-refractivity contribution < 1.29 is 35.3 Å². The minimum absolute atomic E-state index is 0. The molecule has 4 heavy (non-hydrogen) atoms. The van der Waals surface area contributed by atoms with Gasteiger partial charge in [-0.25, -0.2) is 0 Å². The second kappa shape index (κ2) is 3.01. The van der Waals surface area contributed by atoms with Crippen molar-refractivity contribution in [3.05, 3.63) is 0 Å². The van der Waals surface area contributed by atoms with Crippen LogP contribution in [-0.2, 0) is 35.3 Å². The normalized spacial score (nSPS) is 0. The molecule has 2 radical (unpaired) electrons. The molecule has 0 atom stereocenters. The van der Waals surface area contributed by atoms with Gasteiger partial charge in [0.1, 0.15) is 0 Å². The van der Waals surface area contributed by atoms with Gasteiger partial charge in [0, 0.05) is 35.3 Å². The summed E-state index contributed by atoms with van der Waals surface area (Å²) in [6.45, 7) is 0. The van der Waals surface area contributed by atoms with Crippen LogP contribution in [0.25, 0.3) is 0 Å². The van der Waals surface area contributed by atoms with Crippen LogP contribution in [0.3, 0.4) is 0 Å². The van der Waals surface area contributed by atoms with Crippen molar-refractivity contribution in [1.29, 1.82) is 0 Å². The first-order chi connectivity index (χ1) is 0. The van der Waals surface area contributed by atoms with Gasteiger partial charge in [-0.05, 0) is 0 Å². The maximum absolute atomic E-state index is 0. The van der Waals surface area contributed by atoms with E-state index in [1.165, 1.54) is 0 Å². The van der Waals surface area contributed by atoms with Crippen molar-refractivity contribution in [3.8, 4) is 0 Å². The Balaban J connectivity index is 0. The molecule has 0 bridgehead atoms. The Morgan fingerprint density at radius 2 is 0.750 bits per heavy atom. The van der Waals surface area contributed by atoms with E-state index in [1.54, 1.807) is 0 Å². The van der Waals surface area contributed by atoms with Crippen molar-refractivity contribution in [2.24, 2.45) is 0 Å². The molecule has 0 aliphatic rings. The second-order valence-electron chi connectivity index (χ2n) is 0. The fraction of sp³-hybridized carbons (Fsp3) is 0. The Bertz CT molecular complexity index is 6.00. The molecule has 0 aliphatic carbocycles. The Morgan fingerprint density at radius 1 is 0.750 bits per heavy atom. The van der Waals surface area contributed by atoms with Crippen LogP contribution in [-0.4, -0.2) is 0 Å². The van der Waals surface area contributed by atoms with Gasteiger partial charge in [0.05, 0.1) is 0 Å². The van der Waals surface area contributed by atoms with E-state index in [-0.39, 0.29) is 35.3 Å². The maximum Gasteiger partial charge on any atom is 0 e. The van der Waals surface area contributed by atoms with Crippen molar-refractivity contribution >= 4 is 0 Å². The van der Waals surface area contributed by atoms with Crippen LogP contribution in [0.15, 0.2) is 0 Å². The molecular formula is Cf2CoV. The molecule has 0 aliphatic heterocycles. The molecule has 0 saturated carbocycles. The van der Waals surface area contributed by atoms with Crippen LogP contribution in [0, 0.1) is 0 Å². The summed E-state index contributed by atoms with van der Waals surface area (Å²) in [7, 11) is 0. The number of hydrogen-bond donors (Lipinski definition) is 0. The molecule has 0 amide bonds. The molecule has 0 rings (SSSR count). The zero-order valence-corrected chi connectivity index (χ0v) is 9.12. The zero-order chi connectivity index (χ0) is 0. The van der Waals surface area contributed by atoms with Crippen LogP contribution in [0.5, 0.6) is 0 Å². The van der Waals surface area contributed by atoms with E-state index >= 15 is 0 Å². The molecule has 0 unspecified atom stereocenters. The van der Waals surface area contributed by atoms with Gasteiger partial charge in [-0.15, -0.1) is 0 Å². The van der Waals surface area contributed by atoms with E-state index in [4.69, 9.17) is 0 Å². The largest absolute Gasteiger partial charge is 0 e. The summed E-state index contributed by atoms with van der Waals surface area (Å²) in [5.74, 6) is 0. The third-order valence-electron chi connectivity index (χ3n) is 0. The second-order valence-corrected chi connectivity index (χ2v) is 0. The molecule has 0 N–H and O–H groups in total. The molecule has 34 valence electrons. The number of hydrogen-bond acceptors (Lipinski definition) is 0. The summed E-state index contributed by atoms with van der Waals surface area (Å²) in [5, 5.41) is 0. The molecule has 0 saturated heterocycles. The van der Waals surface area contributed by atoms with Crippen LogP contribution in [0.2, 0.25) is 0 Å². The van der Waals surface area contributed by atoms with E-state index in [2.05, 4.69) is 0 Å². The Kier molecular flexibility index (Phi) is 12.3. The zero-order valence-electron chi connectivity index (χ0n) is 1.41. The first-order valence-corrected chi connectivity index (χ1v) is 0. The average Bonchev–Trinajstić information content (AvgIpc) is 0. The predicted octanol–water partition coefficient (Wildman–Crippen LogP) is -0.00500. The third-order valence-corrected chi connectivity index (χ3v) is 0. The summed E-state index contributed by atoms with van der Waals surface area (Å²) in [6.07, 6.45) is 0. The minimum Gasteiger partial charge on any atom is 0 e. The van der Waals surface area contributed by atoms with Crippen LogP contribution >= 0.6 is 0 Å². The summed E-state index contributed by atoms with van der Waals surface area (Å²) >= 11 is 0. The summed E-state index contributed by atoms with van der Waals surface area (Å²) in [6, 6.07) is 0. The van der Waals surface area contributed by atoms with E-state index in [0.29, 0.717) is 0 Å². The van der Waals surface area contributed by atoms with Crippen LogP contribution in [0.1, 0.15) is 0 Å². The summed E-state index contributed by atoms with van der Waals surface area (Å²) in [4.78, 5) is 0. The van der Waals surface area contributed by atoms with Gasteiger partial charge < -0.3 is 0 Å². The van der Waals surface area contributed by atoms with E-state index in [0.717, 1.165) is 0 Å². The van der Waals surface area contributed by atoms with E-state index in [9.17, 15) is 0 Å². The minimum atomic E-state index is 0. The molecule has 0 heterocycles. The van der Waals surface area contributed by atoms with Crippen molar-refractivity contribution in [2.75, 3.05) is 0 Å². The van der Waals surface area contributed by atoms with Crippen molar-refractivity contribution in [3.63, 3.8) is 0 Å². The molecule has 0 aromatic heterocycles. The molecule has 0 spiro atoms. The molecule has 0 aromatic carbocycles.